The van der Waals surface area contributed by atoms with Gasteiger partial charge in [-0.1, -0.05) is 19.1 Å². The van der Waals surface area contributed by atoms with Gasteiger partial charge < -0.3 is 10.2 Å². The molecule has 6 nitrogen and oxygen atoms in total. The lowest BCUT2D eigenvalue weighted by Gasteiger charge is -2.18. The van der Waals surface area contributed by atoms with Crippen LogP contribution < -0.4 is 5.32 Å². The molecule has 1 aromatic carbocycles. The molecule has 0 aliphatic heterocycles. The maximum Gasteiger partial charge on any atom is 0.269 e. The van der Waals surface area contributed by atoms with Gasteiger partial charge in [-0.05, 0) is 12.0 Å². The first-order valence-corrected chi connectivity index (χ1v) is 6.13. The van der Waals surface area contributed by atoms with Crippen molar-refractivity contribution < 1.29 is 9.72 Å². The van der Waals surface area contributed by atoms with Gasteiger partial charge in [0.05, 0.1) is 11.5 Å². The van der Waals surface area contributed by atoms with Crippen molar-refractivity contribution in [3.8, 4) is 0 Å². The number of non-ortho nitro benzene ring substituents is 1. The summed E-state index contributed by atoms with van der Waals surface area (Å²) in [4.78, 5) is 23.4. The second-order valence-electron chi connectivity index (χ2n) is 4.48. The van der Waals surface area contributed by atoms with Crippen LogP contribution in [0.5, 0.6) is 0 Å². The smallest absolute Gasteiger partial charge is 0.269 e. The number of nitrogens with one attached hydrogen (secondary N) is 1. The molecule has 0 aliphatic carbocycles. The van der Waals surface area contributed by atoms with Crippen molar-refractivity contribution in [1.82, 2.24) is 10.2 Å². The second-order valence-corrected chi connectivity index (χ2v) is 4.48. The number of likely N-dealkylation sites (N-methyl/N-ethyl adjacent to an activating group) is 1. The molecule has 6 heteroatoms. The number of benzene rings is 1. The number of carbonyl (C=O) groups excluding carboxylic acids is 1. The summed E-state index contributed by atoms with van der Waals surface area (Å²) in [6, 6.07) is 6.42. The molecule has 104 valence electrons. The molecule has 0 spiro atoms. The molecular formula is C13H19N3O3. The third-order valence-corrected chi connectivity index (χ3v) is 2.89. The SMILES string of the molecule is CCC(NCC(=O)N(C)C)c1cccc([N+](=O)[O-])c1. The number of carbonyl (C=O) groups is 1. The summed E-state index contributed by atoms with van der Waals surface area (Å²) < 4.78 is 0. The Balaban J connectivity index is 2.77. The Morgan fingerprint density at radius 2 is 2.16 bits per heavy atom. The minimum atomic E-state index is -0.415. The van der Waals surface area contributed by atoms with E-state index in [4.69, 9.17) is 0 Å². The third kappa shape index (κ3) is 4.33. The molecule has 1 N–H and O–H groups in total. The van der Waals surface area contributed by atoms with E-state index < -0.39 is 4.92 Å². The Bertz CT molecular complexity index is 460. The lowest BCUT2D eigenvalue weighted by molar-refractivity contribution is -0.384. The van der Waals surface area contributed by atoms with Gasteiger partial charge in [0.1, 0.15) is 0 Å². The fourth-order valence-electron chi connectivity index (χ4n) is 1.72. The lowest BCUT2D eigenvalue weighted by Crippen LogP contribution is -2.34. The van der Waals surface area contributed by atoms with E-state index >= 15 is 0 Å². The maximum atomic E-state index is 11.5. The molecule has 1 aromatic rings. The number of rotatable bonds is 6. The van der Waals surface area contributed by atoms with E-state index in [1.165, 1.54) is 11.0 Å². The number of amides is 1. The van der Waals surface area contributed by atoms with Crippen LogP contribution in [0, 0.1) is 10.1 Å². The highest BCUT2D eigenvalue weighted by atomic mass is 16.6. The Hall–Kier alpha value is -1.95. The molecule has 0 radical (unpaired) electrons. The van der Waals surface area contributed by atoms with Crippen LogP contribution in [-0.4, -0.2) is 36.4 Å². The summed E-state index contributed by atoms with van der Waals surface area (Å²) in [6.07, 6.45) is 0.752. The summed E-state index contributed by atoms with van der Waals surface area (Å²) in [6.45, 7) is 2.19. The van der Waals surface area contributed by atoms with Crippen molar-refractivity contribution in [2.45, 2.75) is 19.4 Å². The predicted octanol–water partition coefficient (Wildman–Crippen LogP) is 1.72. The number of nitrogens with zero attached hydrogens (tertiary/aromatic N) is 2. The highest BCUT2D eigenvalue weighted by molar-refractivity contribution is 5.77. The molecule has 0 aliphatic rings. The van der Waals surface area contributed by atoms with Gasteiger partial charge in [-0.15, -0.1) is 0 Å². The van der Waals surface area contributed by atoms with E-state index in [0.29, 0.717) is 0 Å². The first kappa shape index (κ1) is 15.1. The van der Waals surface area contributed by atoms with Gasteiger partial charge in [0.2, 0.25) is 5.91 Å². The van der Waals surface area contributed by atoms with Crippen LogP contribution >= 0.6 is 0 Å². The Labute approximate surface area is 112 Å². The Kier molecular flexibility index (Phi) is 5.44. The minimum absolute atomic E-state index is 0.0242. The topological polar surface area (TPSA) is 75.5 Å². The van der Waals surface area contributed by atoms with Crippen molar-refractivity contribution >= 4 is 11.6 Å². The van der Waals surface area contributed by atoms with Crippen molar-refractivity contribution in [3.63, 3.8) is 0 Å². The van der Waals surface area contributed by atoms with Gasteiger partial charge >= 0.3 is 0 Å². The van der Waals surface area contributed by atoms with Crippen LogP contribution in [0.25, 0.3) is 0 Å². The molecule has 1 rings (SSSR count). The van der Waals surface area contributed by atoms with Crippen molar-refractivity contribution in [2.75, 3.05) is 20.6 Å². The molecule has 0 bridgehead atoms. The number of hydrogen-bond acceptors (Lipinski definition) is 4. The third-order valence-electron chi connectivity index (χ3n) is 2.89. The van der Waals surface area contributed by atoms with E-state index in [-0.39, 0.29) is 24.2 Å². The summed E-state index contributed by atoms with van der Waals surface area (Å²) >= 11 is 0. The quantitative estimate of drug-likeness (QED) is 0.627. The molecule has 0 fully saturated rings. The van der Waals surface area contributed by atoms with E-state index in [9.17, 15) is 14.9 Å². The van der Waals surface area contributed by atoms with Crippen LogP contribution in [0.3, 0.4) is 0 Å². The first-order valence-electron chi connectivity index (χ1n) is 6.13. The van der Waals surface area contributed by atoms with E-state index in [2.05, 4.69) is 5.32 Å². The maximum absolute atomic E-state index is 11.5. The van der Waals surface area contributed by atoms with Gasteiger partial charge in [0.25, 0.3) is 5.69 Å². The zero-order valence-electron chi connectivity index (χ0n) is 11.4. The molecule has 1 unspecified atom stereocenters. The van der Waals surface area contributed by atoms with Gasteiger partial charge in [-0.2, -0.15) is 0 Å². The number of hydrogen-bond donors (Lipinski definition) is 1. The highest BCUT2D eigenvalue weighted by Gasteiger charge is 2.14. The van der Waals surface area contributed by atoms with Crippen LogP contribution in [0.15, 0.2) is 24.3 Å². The Morgan fingerprint density at radius 1 is 1.47 bits per heavy atom. The van der Waals surface area contributed by atoms with Crippen LogP contribution in [0.1, 0.15) is 24.9 Å². The molecular weight excluding hydrogens is 246 g/mol. The normalized spacial score (nSPS) is 11.9. The van der Waals surface area contributed by atoms with E-state index in [0.717, 1.165) is 12.0 Å². The standard InChI is InChI=1S/C13H19N3O3/c1-4-12(14-9-13(17)15(2)3)10-6-5-7-11(8-10)16(18)19/h5-8,12,14H,4,9H2,1-3H3. The molecule has 0 heterocycles. The highest BCUT2D eigenvalue weighted by Crippen LogP contribution is 2.21. The number of nitro groups is 1. The van der Waals surface area contributed by atoms with Crippen LogP contribution in [0.2, 0.25) is 0 Å². The van der Waals surface area contributed by atoms with Gasteiger partial charge in [-0.3, -0.25) is 14.9 Å². The largest absolute Gasteiger partial charge is 0.348 e. The number of nitro benzene ring substituents is 1. The Morgan fingerprint density at radius 3 is 2.68 bits per heavy atom. The summed E-state index contributed by atoms with van der Waals surface area (Å²) in [5.41, 5.74) is 0.889. The van der Waals surface area contributed by atoms with Crippen molar-refractivity contribution in [1.29, 1.82) is 0 Å². The van der Waals surface area contributed by atoms with Crippen molar-refractivity contribution in [3.05, 3.63) is 39.9 Å². The van der Waals surface area contributed by atoms with E-state index in [1.54, 1.807) is 26.2 Å². The zero-order chi connectivity index (χ0) is 14.4. The average Bonchev–Trinajstić information content (AvgIpc) is 2.39. The van der Waals surface area contributed by atoms with Gasteiger partial charge in [0, 0.05) is 32.3 Å². The zero-order valence-corrected chi connectivity index (χ0v) is 11.4. The van der Waals surface area contributed by atoms with Crippen molar-refractivity contribution in [2.24, 2.45) is 0 Å². The van der Waals surface area contributed by atoms with E-state index in [1.807, 2.05) is 13.0 Å². The lowest BCUT2D eigenvalue weighted by atomic mass is 10.0. The van der Waals surface area contributed by atoms with Crippen LogP contribution in [0.4, 0.5) is 5.69 Å². The molecule has 0 saturated heterocycles. The molecule has 0 saturated carbocycles. The average molecular weight is 265 g/mol. The molecule has 1 atom stereocenters. The first-order chi connectivity index (χ1) is 8.95. The summed E-state index contributed by atoms with van der Waals surface area (Å²) in [5.74, 6) is -0.0242. The minimum Gasteiger partial charge on any atom is -0.348 e. The van der Waals surface area contributed by atoms with Crippen LogP contribution in [-0.2, 0) is 4.79 Å². The molecule has 0 aromatic heterocycles. The summed E-state index contributed by atoms with van der Waals surface area (Å²) in [7, 11) is 3.39. The second kappa shape index (κ2) is 6.84. The molecule has 1 amide bonds. The van der Waals surface area contributed by atoms with Gasteiger partial charge in [0.15, 0.2) is 0 Å². The fourth-order valence-corrected chi connectivity index (χ4v) is 1.72. The summed E-state index contributed by atoms with van der Waals surface area (Å²) in [5, 5.41) is 13.9. The monoisotopic (exact) mass is 265 g/mol. The molecule has 19 heavy (non-hydrogen) atoms. The predicted molar refractivity (Wildman–Crippen MR) is 72.8 cm³/mol. The van der Waals surface area contributed by atoms with Gasteiger partial charge in [-0.25, -0.2) is 0 Å². The fraction of sp³-hybridized carbons (Fsp3) is 0.462.